The minimum absolute atomic E-state index is 0.0941. The van der Waals surface area contributed by atoms with Gasteiger partial charge in [-0.1, -0.05) is 13.0 Å². The van der Waals surface area contributed by atoms with Gasteiger partial charge in [-0.05, 0) is 55.0 Å². The van der Waals surface area contributed by atoms with Gasteiger partial charge in [-0.2, -0.15) is 18.2 Å². The first-order valence-corrected chi connectivity index (χ1v) is 13.2. The van der Waals surface area contributed by atoms with Crippen molar-refractivity contribution in [1.29, 1.82) is 0 Å². The van der Waals surface area contributed by atoms with Crippen LogP contribution in [0.15, 0.2) is 57.9 Å². The Kier molecular flexibility index (Phi) is 6.31. The molecule has 2 aliphatic rings. The summed E-state index contributed by atoms with van der Waals surface area (Å²) in [7, 11) is 0. The van der Waals surface area contributed by atoms with Crippen LogP contribution in [-0.4, -0.2) is 46.8 Å². The van der Waals surface area contributed by atoms with Crippen LogP contribution in [0.25, 0.3) is 28.0 Å². The zero-order chi connectivity index (χ0) is 28.2. The Hall–Kier alpha value is -4.28. The molecule has 6 rings (SSSR count). The standard InChI is InChI=1S/C29H27F3N4O4/c1-17-8-11-35(15-17)28-33-22-6-5-19(13-26(22)40-28)36-16-20(27(38)39)25(37)14-24(36)18-4-7-23(34-9-2-3-10-34)21(12-18)29(30,31)32/h4-7,12-14,16-17H,2-3,8-11,15H2,1H3,(H,38,39). The minimum Gasteiger partial charge on any atom is -0.477 e. The molecule has 8 nitrogen and oxygen atoms in total. The van der Waals surface area contributed by atoms with Crippen molar-refractivity contribution in [2.45, 2.75) is 32.4 Å². The molecule has 208 valence electrons. The second-order valence-corrected chi connectivity index (χ2v) is 10.5. The van der Waals surface area contributed by atoms with Crippen molar-refractivity contribution >= 4 is 28.8 Å². The van der Waals surface area contributed by atoms with E-state index in [1.807, 2.05) is 0 Å². The quantitative estimate of drug-likeness (QED) is 0.334. The molecule has 0 aliphatic carbocycles. The minimum atomic E-state index is -4.62. The molecule has 11 heteroatoms. The van der Waals surface area contributed by atoms with E-state index >= 15 is 0 Å². The highest BCUT2D eigenvalue weighted by molar-refractivity contribution is 5.88. The molecule has 2 fully saturated rings. The van der Waals surface area contributed by atoms with Crippen LogP contribution in [0.1, 0.15) is 42.1 Å². The third-order valence-electron chi connectivity index (χ3n) is 7.66. The van der Waals surface area contributed by atoms with Crippen LogP contribution in [0.4, 0.5) is 24.9 Å². The second-order valence-electron chi connectivity index (χ2n) is 10.5. The third-order valence-corrected chi connectivity index (χ3v) is 7.66. The van der Waals surface area contributed by atoms with Crippen molar-refractivity contribution in [2.24, 2.45) is 5.92 Å². The predicted octanol–water partition coefficient (Wildman–Crippen LogP) is 5.81. The van der Waals surface area contributed by atoms with Crippen molar-refractivity contribution in [3.05, 3.63) is 70.0 Å². The predicted molar refractivity (Wildman–Crippen MR) is 144 cm³/mol. The number of pyridine rings is 1. The number of hydrogen-bond acceptors (Lipinski definition) is 6. The van der Waals surface area contributed by atoms with Gasteiger partial charge < -0.3 is 23.9 Å². The van der Waals surface area contributed by atoms with Crippen molar-refractivity contribution in [2.75, 3.05) is 36.0 Å². The molecule has 0 spiro atoms. The number of benzene rings is 2. The molecule has 4 heterocycles. The fourth-order valence-corrected chi connectivity index (χ4v) is 5.58. The van der Waals surface area contributed by atoms with Gasteiger partial charge in [0.05, 0.1) is 11.3 Å². The fourth-order valence-electron chi connectivity index (χ4n) is 5.58. The molecule has 4 aromatic rings. The fraction of sp³-hybridized carbons (Fsp3) is 0.345. The Bertz CT molecular complexity index is 1670. The average Bonchev–Trinajstić information content (AvgIpc) is 3.68. The lowest BCUT2D eigenvalue weighted by Gasteiger charge is -2.24. The number of fused-ring (bicyclic) bond motifs is 1. The summed E-state index contributed by atoms with van der Waals surface area (Å²) in [5.41, 5.74) is -0.308. The topological polar surface area (TPSA) is 91.8 Å². The summed E-state index contributed by atoms with van der Waals surface area (Å²) in [6.45, 7) is 4.87. The van der Waals surface area contributed by atoms with Crippen LogP contribution in [0.3, 0.4) is 0 Å². The zero-order valence-corrected chi connectivity index (χ0v) is 21.7. The molecule has 2 aromatic carbocycles. The van der Waals surface area contributed by atoms with Gasteiger partial charge in [0.15, 0.2) is 11.0 Å². The number of aromatic nitrogens is 2. The summed E-state index contributed by atoms with van der Waals surface area (Å²) in [5.74, 6) is -0.918. The van der Waals surface area contributed by atoms with Gasteiger partial charge in [-0.3, -0.25) is 4.79 Å². The molecule has 0 amide bonds. The van der Waals surface area contributed by atoms with Crippen LogP contribution in [0.2, 0.25) is 0 Å². The number of carbonyl (C=O) groups is 1. The summed E-state index contributed by atoms with van der Waals surface area (Å²) in [4.78, 5) is 32.9. The van der Waals surface area contributed by atoms with E-state index in [2.05, 4.69) is 16.8 Å². The lowest BCUT2D eigenvalue weighted by molar-refractivity contribution is -0.137. The third kappa shape index (κ3) is 4.69. The summed E-state index contributed by atoms with van der Waals surface area (Å²) < 4.78 is 50.0. The van der Waals surface area contributed by atoms with E-state index in [1.165, 1.54) is 16.7 Å². The molecule has 1 unspecified atom stereocenters. The highest BCUT2D eigenvalue weighted by Gasteiger charge is 2.36. The van der Waals surface area contributed by atoms with E-state index in [0.29, 0.717) is 41.8 Å². The molecule has 1 atom stereocenters. The molecule has 2 aromatic heterocycles. The number of oxazole rings is 1. The van der Waals surface area contributed by atoms with E-state index < -0.39 is 28.7 Å². The van der Waals surface area contributed by atoms with Crippen molar-refractivity contribution in [3.8, 4) is 16.9 Å². The Labute approximate surface area is 227 Å². The number of nitrogens with zero attached hydrogens (tertiary/aromatic N) is 4. The van der Waals surface area contributed by atoms with E-state index in [-0.39, 0.29) is 16.9 Å². The van der Waals surface area contributed by atoms with Gasteiger partial charge in [0.1, 0.15) is 11.1 Å². The normalized spacial score (nSPS) is 17.8. The molecule has 2 aliphatic heterocycles. The monoisotopic (exact) mass is 552 g/mol. The number of alkyl halides is 3. The van der Waals surface area contributed by atoms with Gasteiger partial charge in [-0.15, -0.1) is 0 Å². The van der Waals surface area contributed by atoms with E-state index in [4.69, 9.17) is 4.42 Å². The maximum Gasteiger partial charge on any atom is 0.418 e. The average molecular weight is 553 g/mol. The first-order chi connectivity index (χ1) is 19.1. The van der Waals surface area contributed by atoms with E-state index in [1.54, 1.807) is 23.1 Å². The van der Waals surface area contributed by atoms with Gasteiger partial charge >= 0.3 is 12.1 Å². The summed E-state index contributed by atoms with van der Waals surface area (Å²) >= 11 is 0. The molecule has 40 heavy (non-hydrogen) atoms. The van der Waals surface area contributed by atoms with Crippen molar-refractivity contribution in [1.82, 2.24) is 9.55 Å². The van der Waals surface area contributed by atoms with Crippen LogP contribution in [0, 0.1) is 5.92 Å². The smallest absolute Gasteiger partial charge is 0.418 e. The number of rotatable bonds is 5. The van der Waals surface area contributed by atoms with Gasteiger partial charge in [0.2, 0.25) is 0 Å². The number of anilines is 2. The Balaban J connectivity index is 1.49. The van der Waals surface area contributed by atoms with E-state index in [9.17, 15) is 27.9 Å². The second kappa shape index (κ2) is 9.72. The maximum absolute atomic E-state index is 14.2. The van der Waals surface area contributed by atoms with Crippen LogP contribution < -0.4 is 15.2 Å². The van der Waals surface area contributed by atoms with Gasteiger partial charge in [0, 0.05) is 55.9 Å². The summed E-state index contributed by atoms with van der Waals surface area (Å²) in [6.07, 6.45) is -0.820. The Morgan fingerprint density at radius 1 is 1.05 bits per heavy atom. The number of aromatic carboxylic acids is 1. The van der Waals surface area contributed by atoms with Crippen molar-refractivity contribution < 1.29 is 27.5 Å². The SMILES string of the molecule is CC1CCN(c2nc3ccc(-n4cc(C(=O)O)c(=O)cc4-c4ccc(N5CCCC5)c(C(F)(F)F)c4)cc3o2)C1. The molecular weight excluding hydrogens is 525 g/mol. The van der Waals surface area contributed by atoms with Crippen molar-refractivity contribution in [3.63, 3.8) is 0 Å². The Morgan fingerprint density at radius 2 is 1.82 bits per heavy atom. The number of carboxylic acid groups (broad SMARTS) is 1. The highest BCUT2D eigenvalue weighted by Crippen LogP contribution is 2.40. The molecule has 1 N–H and O–H groups in total. The Morgan fingerprint density at radius 3 is 2.50 bits per heavy atom. The summed E-state index contributed by atoms with van der Waals surface area (Å²) in [5, 5.41) is 9.62. The largest absolute Gasteiger partial charge is 0.477 e. The van der Waals surface area contributed by atoms with Crippen LogP contribution in [0.5, 0.6) is 0 Å². The molecule has 0 saturated carbocycles. The lowest BCUT2D eigenvalue weighted by Crippen LogP contribution is -2.22. The molecule has 0 radical (unpaired) electrons. The first kappa shape index (κ1) is 26.0. The van der Waals surface area contributed by atoms with Crippen LogP contribution >= 0.6 is 0 Å². The number of carboxylic acids is 1. The number of halogens is 3. The van der Waals surface area contributed by atoms with Gasteiger partial charge in [0.25, 0.3) is 6.01 Å². The number of hydrogen-bond donors (Lipinski definition) is 1. The first-order valence-electron chi connectivity index (χ1n) is 13.2. The highest BCUT2D eigenvalue weighted by atomic mass is 19.4. The maximum atomic E-state index is 14.2. The lowest BCUT2D eigenvalue weighted by atomic mass is 10.0. The molecule has 2 saturated heterocycles. The zero-order valence-electron chi connectivity index (χ0n) is 21.7. The van der Waals surface area contributed by atoms with Crippen LogP contribution in [-0.2, 0) is 6.18 Å². The molecular formula is C29H27F3N4O4. The summed E-state index contributed by atoms with van der Waals surface area (Å²) in [6, 6.07) is 10.6. The molecule has 0 bridgehead atoms. The van der Waals surface area contributed by atoms with E-state index in [0.717, 1.165) is 50.7 Å². The van der Waals surface area contributed by atoms with Gasteiger partial charge in [-0.25, -0.2) is 4.79 Å².